The van der Waals surface area contributed by atoms with Gasteiger partial charge in [0.2, 0.25) is 0 Å². The normalized spacial score (nSPS) is 19.1. The molecule has 152 valence electrons. The zero-order valence-electron chi connectivity index (χ0n) is 15.8. The predicted octanol–water partition coefficient (Wildman–Crippen LogP) is 3.90. The average Bonchev–Trinajstić information content (AvgIpc) is 3.31. The molecule has 1 aliphatic rings. The molecule has 1 aromatic carbocycles. The Morgan fingerprint density at radius 2 is 1.90 bits per heavy atom. The van der Waals surface area contributed by atoms with E-state index < -0.39 is 15.1 Å². The first-order chi connectivity index (χ1) is 13.9. The molecule has 1 saturated heterocycles. The number of benzene rings is 1. The van der Waals surface area contributed by atoms with Crippen molar-refractivity contribution in [3.8, 4) is 5.13 Å². The number of aromatic nitrogens is 2. The first-order valence-electron chi connectivity index (χ1n) is 9.23. The summed E-state index contributed by atoms with van der Waals surface area (Å²) in [5, 5.41) is 0.453. The number of hydrogen-bond donors (Lipinski definition) is 0. The van der Waals surface area contributed by atoms with Crippen molar-refractivity contribution >= 4 is 38.7 Å². The molecule has 6 nitrogen and oxygen atoms in total. The number of amides is 1. The number of sulfone groups is 1. The zero-order valence-corrected chi connectivity index (χ0v) is 18.2. The monoisotopic (exact) mass is 449 g/mol. The Labute approximate surface area is 178 Å². The van der Waals surface area contributed by atoms with E-state index >= 15 is 0 Å². The van der Waals surface area contributed by atoms with Crippen LogP contribution in [-0.4, -0.2) is 47.6 Å². The topological polar surface area (TPSA) is 72.3 Å². The molecule has 29 heavy (non-hydrogen) atoms. The lowest BCUT2D eigenvalue weighted by molar-refractivity contribution is 0.0770. The third-order valence-corrected chi connectivity index (χ3v) is 8.70. The fraction of sp³-hybridized carbons (Fsp3) is 0.300. The highest BCUT2D eigenvalue weighted by Crippen LogP contribution is 2.34. The van der Waals surface area contributed by atoms with E-state index in [1.807, 2.05) is 29.1 Å². The van der Waals surface area contributed by atoms with Crippen LogP contribution in [0.5, 0.6) is 0 Å². The molecule has 0 unspecified atom stereocenters. The molecule has 0 radical (unpaired) electrons. The van der Waals surface area contributed by atoms with Gasteiger partial charge in [-0.1, -0.05) is 41.1 Å². The molecule has 0 bridgehead atoms. The van der Waals surface area contributed by atoms with Gasteiger partial charge in [0.15, 0.2) is 15.0 Å². The van der Waals surface area contributed by atoms with Crippen LogP contribution in [-0.2, 0) is 9.84 Å². The average molecular weight is 450 g/mol. The maximum Gasteiger partial charge on any atom is 0.265 e. The number of rotatable bonds is 3. The Kier molecular flexibility index (Phi) is 5.50. The van der Waals surface area contributed by atoms with Crippen molar-refractivity contribution in [1.82, 2.24) is 14.5 Å². The lowest BCUT2D eigenvalue weighted by atomic mass is 10.1. The Morgan fingerprint density at radius 1 is 1.17 bits per heavy atom. The van der Waals surface area contributed by atoms with E-state index in [4.69, 9.17) is 11.6 Å². The Morgan fingerprint density at radius 3 is 2.62 bits per heavy atom. The molecule has 1 amide bonds. The number of hydrogen-bond acceptors (Lipinski definition) is 5. The van der Waals surface area contributed by atoms with Crippen molar-refractivity contribution in [3.05, 3.63) is 69.9 Å². The highest BCUT2D eigenvalue weighted by atomic mass is 35.5. The van der Waals surface area contributed by atoms with Crippen LogP contribution >= 0.6 is 22.9 Å². The van der Waals surface area contributed by atoms with Gasteiger partial charge in [-0.2, -0.15) is 0 Å². The summed E-state index contributed by atoms with van der Waals surface area (Å²) in [5.41, 5.74) is 1.26. The van der Waals surface area contributed by atoms with Gasteiger partial charge in [-0.05, 0) is 37.1 Å². The van der Waals surface area contributed by atoms with Crippen LogP contribution in [0.1, 0.15) is 32.6 Å². The molecule has 2 aromatic heterocycles. The fourth-order valence-corrected chi connectivity index (χ4v) is 6.68. The molecule has 0 N–H and O–H groups in total. The summed E-state index contributed by atoms with van der Waals surface area (Å²) in [6.45, 7) is 2.32. The summed E-state index contributed by atoms with van der Waals surface area (Å²) in [7, 11) is -3.42. The molecular formula is C20H20ClN3O3S2. The predicted molar refractivity (Wildman–Crippen MR) is 115 cm³/mol. The second-order valence-corrected chi connectivity index (χ2v) is 10.6. The Hall–Kier alpha value is -2.16. The standard InChI is InChI=1S/C20H20ClN3O3S2/c1-14-18(28-20(22-14)24-9-4-5-10-24)19(25)23-11-8-17(29(26,27)13-12-23)15-6-2-3-7-16(15)21/h2-7,9-10,17H,8,11-13H2,1H3/t17-/m1/s1. The first kappa shape index (κ1) is 20.1. The van der Waals surface area contributed by atoms with Crippen molar-refractivity contribution in [3.63, 3.8) is 0 Å². The molecule has 3 aromatic rings. The van der Waals surface area contributed by atoms with Gasteiger partial charge in [0.25, 0.3) is 5.91 Å². The summed E-state index contributed by atoms with van der Waals surface area (Å²) in [6.07, 6.45) is 4.07. The Balaban J connectivity index is 1.58. The van der Waals surface area contributed by atoms with E-state index in [-0.39, 0.29) is 18.2 Å². The third-order valence-electron chi connectivity index (χ3n) is 5.08. The van der Waals surface area contributed by atoms with Crippen LogP contribution < -0.4 is 0 Å². The van der Waals surface area contributed by atoms with E-state index in [2.05, 4.69) is 4.98 Å². The first-order valence-corrected chi connectivity index (χ1v) is 12.1. The van der Waals surface area contributed by atoms with Gasteiger partial charge in [-0.3, -0.25) is 4.79 Å². The molecule has 0 aliphatic carbocycles. The van der Waals surface area contributed by atoms with Crippen LogP contribution in [0.15, 0.2) is 48.8 Å². The lowest BCUT2D eigenvalue weighted by Gasteiger charge is -2.19. The SMILES string of the molecule is Cc1nc(-n2cccc2)sc1C(=O)N1CC[C@H](c2ccccc2Cl)S(=O)(=O)CC1. The molecule has 4 rings (SSSR count). The second kappa shape index (κ2) is 7.93. The van der Waals surface area contributed by atoms with Crippen LogP contribution in [0.3, 0.4) is 0 Å². The molecule has 1 atom stereocenters. The maximum atomic E-state index is 13.1. The van der Waals surface area contributed by atoms with Gasteiger partial charge < -0.3 is 9.47 Å². The second-order valence-electron chi connectivity index (χ2n) is 6.96. The summed E-state index contributed by atoms with van der Waals surface area (Å²) < 4.78 is 27.6. The minimum absolute atomic E-state index is 0.0864. The van der Waals surface area contributed by atoms with Crippen LogP contribution in [0.25, 0.3) is 5.13 Å². The minimum atomic E-state index is -3.42. The molecule has 1 fully saturated rings. The molecule has 1 aliphatic heterocycles. The minimum Gasteiger partial charge on any atom is -0.337 e. The van der Waals surface area contributed by atoms with Crippen molar-refractivity contribution in [2.75, 3.05) is 18.8 Å². The third kappa shape index (κ3) is 3.97. The van der Waals surface area contributed by atoms with Crippen LogP contribution in [0.4, 0.5) is 0 Å². The van der Waals surface area contributed by atoms with E-state index in [0.29, 0.717) is 39.3 Å². The van der Waals surface area contributed by atoms with Gasteiger partial charge in [0, 0.05) is 30.5 Å². The molecule has 3 heterocycles. The fourth-order valence-electron chi connectivity index (χ4n) is 3.53. The van der Waals surface area contributed by atoms with Crippen molar-refractivity contribution in [2.45, 2.75) is 18.6 Å². The van der Waals surface area contributed by atoms with Crippen LogP contribution in [0, 0.1) is 6.92 Å². The van der Waals surface area contributed by atoms with Crippen molar-refractivity contribution < 1.29 is 13.2 Å². The summed E-state index contributed by atoms with van der Waals surface area (Å²) in [5.74, 6) is -0.259. The largest absolute Gasteiger partial charge is 0.337 e. The molecule has 9 heteroatoms. The number of nitrogens with zero attached hydrogens (tertiary/aromatic N) is 3. The summed E-state index contributed by atoms with van der Waals surface area (Å²) in [4.78, 5) is 19.8. The van der Waals surface area contributed by atoms with Crippen molar-refractivity contribution in [2.24, 2.45) is 0 Å². The van der Waals surface area contributed by atoms with Crippen molar-refractivity contribution in [1.29, 1.82) is 0 Å². The zero-order chi connectivity index (χ0) is 20.6. The van der Waals surface area contributed by atoms with E-state index in [0.717, 1.165) is 0 Å². The quantitative estimate of drug-likeness (QED) is 0.608. The van der Waals surface area contributed by atoms with Gasteiger partial charge in [0.05, 0.1) is 16.7 Å². The number of halogens is 1. The summed E-state index contributed by atoms with van der Waals surface area (Å²) in [6, 6.07) is 10.8. The molecule has 0 saturated carbocycles. The van der Waals surface area contributed by atoms with Gasteiger partial charge >= 0.3 is 0 Å². The molecular weight excluding hydrogens is 430 g/mol. The van der Waals surface area contributed by atoms with E-state index in [1.165, 1.54) is 11.3 Å². The van der Waals surface area contributed by atoms with Gasteiger partial charge in [-0.15, -0.1) is 0 Å². The number of thiazole rings is 1. The summed E-state index contributed by atoms with van der Waals surface area (Å²) >= 11 is 7.57. The number of carbonyl (C=O) groups excluding carboxylic acids is 1. The maximum absolute atomic E-state index is 13.1. The van der Waals surface area contributed by atoms with E-state index in [9.17, 15) is 13.2 Å². The van der Waals surface area contributed by atoms with Gasteiger partial charge in [-0.25, -0.2) is 13.4 Å². The van der Waals surface area contributed by atoms with Crippen LogP contribution in [0.2, 0.25) is 5.02 Å². The highest BCUT2D eigenvalue weighted by molar-refractivity contribution is 7.91. The smallest absolute Gasteiger partial charge is 0.265 e. The number of carbonyl (C=O) groups is 1. The van der Waals surface area contributed by atoms with Gasteiger partial charge in [0.1, 0.15) is 4.88 Å². The van der Waals surface area contributed by atoms with E-state index in [1.54, 1.807) is 36.1 Å². The number of aryl methyl sites for hydroxylation is 1. The Bertz CT molecular complexity index is 1140. The molecule has 0 spiro atoms. The highest BCUT2D eigenvalue weighted by Gasteiger charge is 2.34. The lowest BCUT2D eigenvalue weighted by Crippen LogP contribution is -2.33.